The van der Waals surface area contributed by atoms with Crippen LogP contribution in [-0.4, -0.2) is 29.0 Å². The predicted molar refractivity (Wildman–Crippen MR) is 115 cm³/mol. The SMILES string of the molecule is CC.CCn1c2ccccc2c2cc(NC(=O)C3=CC=CCN3C)ccc21. The number of nitrogens with one attached hydrogen (secondary N) is 1. The van der Waals surface area contributed by atoms with Gasteiger partial charge in [-0.25, -0.2) is 0 Å². The lowest BCUT2D eigenvalue weighted by Crippen LogP contribution is -2.29. The van der Waals surface area contributed by atoms with Gasteiger partial charge in [0, 0.05) is 47.6 Å². The number of hydrogen-bond acceptors (Lipinski definition) is 2. The van der Waals surface area contributed by atoms with Crippen molar-refractivity contribution in [1.29, 1.82) is 0 Å². The number of para-hydroxylation sites is 1. The van der Waals surface area contributed by atoms with E-state index in [1.807, 2.05) is 50.1 Å². The van der Waals surface area contributed by atoms with E-state index in [0.717, 1.165) is 18.8 Å². The maximum absolute atomic E-state index is 12.6. The van der Waals surface area contributed by atoms with E-state index < -0.39 is 0 Å². The topological polar surface area (TPSA) is 37.3 Å². The third-order valence-electron chi connectivity index (χ3n) is 4.76. The number of likely N-dealkylation sites (N-methyl/N-ethyl adjacent to an activating group) is 1. The molecule has 3 aromatic rings. The van der Waals surface area contributed by atoms with Gasteiger partial charge in [0.25, 0.3) is 5.91 Å². The number of aromatic nitrogens is 1. The van der Waals surface area contributed by atoms with Gasteiger partial charge in [0.1, 0.15) is 5.70 Å². The van der Waals surface area contributed by atoms with Crippen LogP contribution in [0.5, 0.6) is 0 Å². The molecule has 1 aromatic heterocycles. The van der Waals surface area contributed by atoms with E-state index in [1.165, 1.54) is 21.8 Å². The normalized spacial score (nSPS) is 13.3. The Morgan fingerprint density at radius 2 is 1.81 bits per heavy atom. The Kier molecular flexibility index (Phi) is 5.65. The minimum Gasteiger partial charge on any atom is -0.366 e. The van der Waals surface area contributed by atoms with Gasteiger partial charge in [0.15, 0.2) is 0 Å². The highest BCUT2D eigenvalue weighted by Crippen LogP contribution is 2.31. The standard InChI is InChI=1S/C21H21N3O.C2H6/c1-3-24-18-9-5-4-8-16(18)17-14-15(11-12-19(17)24)22-21(25)20-10-6-7-13-23(20)2;1-2/h4-12,14H,3,13H2,1-2H3,(H,22,25);1-2H3. The molecule has 0 aliphatic carbocycles. The number of benzene rings is 2. The fraction of sp³-hybridized carbons (Fsp3) is 0.261. The summed E-state index contributed by atoms with van der Waals surface area (Å²) in [7, 11) is 1.92. The molecule has 27 heavy (non-hydrogen) atoms. The summed E-state index contributed by atoms with van der Waals surface area (Å²) in [6, 6.07) is 14.5. The average Bonchev–Trinajstić information content (AvgIpc) is 3.03. The van der Waals surface area contributed by atoms with Crippen LogP contribution in [0.1, 0.15) is 20.8 Å². The Hall–Kier alpha value is -3.01. The van der Waals surface area contributed by atoms with E-state index in [4.69, 9.17) is 0 Å². The van der Waals surface area contributed by atoms with Gasteiger partial charge in [-0.1, -0.05) is 44.2 Å². The molecule has 2 aromatic carbocycles. The molecule has 4 heteroatoms. The first kappa shape index (κ1) is 18.8. The van der Waals surface area contributed by atoms with Gasteiger partial charge in [-0.05, 0) is 37.3 Å². The van der Waals surface area contributed by atoms with Crippen molar-refractivity contribution in [2.45, 2.75) is 27.3 Å². The average molecular weight is 361 g/mol. The third-order valence-corrected chi connectivity index (χ3v) is 4.76. The van der Waals surface area contributed by atoms with Gasteiger partial charge in [-0.3, -0.25) is 4.79 Å². The zero-order chi connectivity index (χ0) is 19.4. The fourth-order valence-corrected chi connectivity index (χ4v) is 3.52. The minimum absolute atomic E-state index is 0.0783. The molecule has 1 aliphatic rings. The summed E-state index contributed by atoms with van der Waals surface area (Å²) >= 11 is 0. The molecule has 0 fully saturated rings. The number of amides is 1. The van der Waals surface area contributed by atoms with Crippen LogP contribution in [0, 0.1) is 0 Å². The first-order valence-electron chi connectivity index (χ1n) is 9.59. The van der Waals surface area contributed by atoms with E-state index in [-0.39, 0.29) is 5.91 Å². The lowest BCUT2D eigenvalue weighted by atomic mass is 10.1. The van der Waals surface area contributed by atoms with Crippen LogP contribution < -0.4 is 5.32 Å². The molecule has 0 saturated carbocycles. The van der Waals surface area contributed by atoms with Crippen LogP contribution in [0.3, 0.4) is 0 Å². The number of allylic oxidation sites excluding steroid dienone is 2. The van der Waals surface area contributed by atoms with Gasteiger partial charge in [-0.2, -0.15) is 0 Å². The number of hydrogen-bond donors (Lipinski definition) is 1. The van der Waals surface area contributed by atoms with Crippen molar-refractivity contribution in [3.05, 3.63) is 66.4 Å². The second kappa shape index (κ2) is 8.12. The largest absolute Gasteiger partial charge is 0.366 e. The molecule has 1 N–H and O–H groups in total. The summed E-state index contributed by atoms with van der Waals surface area (Å²) in [6.07, 6.45) is 5.80. The lowest BCUT2D eigenvalue weighted by molar-refractivity contribution is -0.114. The molecule has 4 rings (SSSR count). The van der Waals surface area contributed by atoms with Crippen molar-refractivity contribution in [3.63, 3.8) is 0 Å². The molecular formula is C23H27N3O. The molecule has 0 unspecified atom stereocenters. The zero-order valence-electron chi connectivity index (χ0n) is 16.5. The second-order valence-corrected chi connectivity index (χ2v) is 6.31. The van der Waals surface area contributed by atoms with Crippen LogP contribution in [0.4, 0.5) is 5.69 Å². The van der Waals surface area contributed by atoms with Crippen molar-refractivity contribution in [3.8, 4) is 0 Å². The number of anilines is 1. The molecule has 140 valence electrons. The Labute approximate surface area is 160 Å². The Balaban J connectivity index is 0.00000102. The molecular weight excluding hydrogens is 334 g/mol. The van der Waals surface area contributed by atoms with Crippen molar-refractivity contribution >= 4 is 33.4 Å². The number of rotatable bonds is 3. The maximum Gasteiger partial charge on any atom is 0.271 e. The van der Waals surface area contributed by atoms with Gasteiger partial charge >= 0.3 is 0 Å². The van der Waals surface area contributed by atoms with E-state index in [9.17, 15) is 4.79 Å². The molecule has 0 bridgehead atoms. The van der Waals surface area contributed by atoms with Crippen LogP contribution in [0.25, 0.3) is 21.8 Å². The molecule has 0 spiro atoms. The highest BCUT2D eigenvalue weighted by molar-refractivity contribution is 6.11. The summed E-state index contributed by atoms with van der Waals surface area (Å²) in [6.45, 7) is 7.82. The van der Waals surface area contributed by atoms with Crippen molar-refractivity contribution < 1.29 is 4.79 Å². The van der Waals surface area contributed by atoms with Crippen LogP contribution in [-0.2, 0) is 11.3 Å². The van der Waals surface area contributed by atoms with Crippen LogP contribution >= 0.6 is 0 Å². The Bertz CT molecular complexity index is 1030. The highest BCUT2D eigenvalue weighted by Gasteiger charge is 2.16. The Morgan fingerprint density at radius 3 is 2.56 bits per heavy atom. The molecule has 1 aliphatic heterocycles. The van der Waals surface area contributed by atoms with Gasteiger partial charge in [0.05, 0.1) is 0 Å². The first-order valence-corrected chi connectivity index (χ1v) is 9.59. The molecule has 4 nitrogen and oxygen atoms in total. The molecule has 0 radical (unpaired) electrons. The van der Waals surface area contributed by atoms with E-state index in [2.05, 4.69) is 53.2 Å². The molecule has 0 saturated heterocycles. The first-order chi connectivity index (χ1) is 13.2. The van der Waals surface area contributed by atoms with Gasteiger partial charge < -0.3 is 14.8 Å². The van der Waals surface area contributed by atoms with Crippen molar-refractivity contribution in [1.82, 2.24) is 9.47 Å². The highest BCUT2D eigenvalue weighted by atomic mass is 16.2. The molecule has 0 atom stereocenters. The number of carbonyl (C=O) groups excluding carboxylic acids is 1. The maximum atomic E-state index is 12.6. The fourth-order valence-electron chi connectivity index (χ4n) is 3.52. The Morgan fingerprint density at radius 1 is 1.07 bits per heavy atom. The zero-order valence-corrected chi connectivity index (χ0v) is 16.5. The third kappa shape index (κ3) is 3.47. The van der Waals surface area contributed by atoms with Crippen molar-refractivity contribution in [2.75, 3.05) is 18.9 Å². The van der Waals surface area contributed by atoms with Gasteiger partial charge in [0.2, 0.25) is 0 Å². The van der Waals surface area contributed by atoms with E-state index in [1.54, 1.807) is 0 Å². The van der Waals surface area contributed by atoms with Crippen LogP contribution in [0.15, 0.2) is 66.4 Å². The molecule has 2 heterocycles. The van der Waals surface area contributed by atoms with E-state index >= 15 is 0 Å². The number of fused-ring (bicyclic) bond motifs is 3. The summed E-state index contributed by atoms with van der Waals surface area (Å²) in [5, 5.41) is 5.42. The summed E-state index contributed by atoms with van der Waals surface area (Å²) in [5.41, 5.74) is 3.92. The monoisotopic (exact) mass is 361 g/mol. The summed E-state index contributed by atoms with van der Waals surface area (Å²) in [4.78, 5) is 14.5. The van der Waals surface area contributed by atoms with Crippen LogP contribution in [0.2, 0.25) is 0 Å². The van der Waals surface area contributed by atoms with E-state index in [0.29, 0.717) is 5.70 Å². The molecule has 1 amide bonds. The number of nitrogens with zero attached hydrogens (tertiary/aromatic N) is 2. The quantitative estimate of drug-likeness (QED) is 0.699. The number of carbonyl (C=O) groups is 1. The summed E-state index contributed by atoms with van der Waals surface area (Å²) < 4.78 is 2.30. The number of aryl methyl sites for hydroxylation is 1. The van der Waals surface area contributed by atoms with Crippen molar-refractivity contribution in [2.24, 2.45) is 0 Å². The minimum atomic E-state index is -0.0783. The smallest absolute Gasteiger partial charge is 0.271 e. The predicted octanol–water partition coefficient (Wildman–Crippen LogP) is 5.16. The summed E-state index contributed by atoms with van der Waals surface area (Å²) in [5.74, 6) is -0.0783. The second-order valence-electron chi connectivity index (χ2n) is 6.31. The lowest BCUT2D eigenvalue weighted by Gasteiger charge is -2.22. The van der Waals surface area contributed by atoms with Gasteiger partial charge in [-0.15, -0.1) is 0 Å².